The minimum atomic E-state index is 0.927. The third-order valence-electron chi connectivity index (χ3n) is 6.64. The van der Waals surface area contributed by atoms with Crippen LogP contribution in [0.2, 0.25) is 0 Å². The van der Waals surface area contributed by atoms with Gasteiger partial charge >= 0.3 is 0 Å². The maximum atomic E-state index is 5.27. The maximum absolute atomic E-state index is 5.27. The number of benzene rings is 6. The van der Waals surface area contributed by atoms with E-state index in [4.69, 9.17) is 9.98 Å². The zero-order chi connectivity index (χ0) is 22.5. The Kier molecular flexibility index (Phi) is 4.18. The smallest absolute Gasteiger partial charge is 0.0979 e. The largest absolute Gasteiger partial charge is 0.245 e. The van der Waals surface area contributed by atoms with Crippen molar-refractivity contribution in [3.63, 3.8) is 0 Å². The molecule has 2 heteroatoms. The minimum absolute atomic E-state index is 0.927. The first-order chi connectivity index (χ1) is 16.9. The van der Waals surface area contributed by atoms with Gasteiger partial charge in [-0.15, -0.1) is 0 Å². The SMILES string of the molecule is c1ccc2c(N=C3C(=Nc4cccc5ccccc45)c4cccc5cccc3c45)cccc2c1. The summed E-state index contributed by atoms with van der Waals surface area (Å²) in [6.07, 6.45) is 0. The molecule has 1 aliphatic carbocycles. The van der Waals surface area contributed by atoms with Gasteiger partial charge in [0, 0.05) is 27.3 Å². The number of rotatable bonds is 2. The number of hydrogen-bond donors (Lipinski definition) is 0. The van der Waals surface area contributed by atoms with Crippen LogP contribution in [-0.2, 0) is 0 Å². The fourth-order valence-electron chi connectivity index (χ4n) is 5.07. The molecule has 0 N–H and O–H groups in total. The van der Waals surface area contributed by atoms with Gasteiger partial charge in [0.1, 0.15) is 0 Å². The third-order valence-corrected chi connectivity index (χ3v) is 6.64. The lowest BCUT2D eigenvalue weighted by atomic mass is 10.1. The molecule has 0 unspecified atom stereocenters. The molecule has 0 spiro atoms. The molecule has 6 aromatic rings. The lowest BCUT2D eigenvalue weighted by Crippen LogP contribution is -2.10. The summed E-state index contributed by atoms with van der Waals surface area (Å²) in [7, 11) is 0. The highest BCUT2D eigenvalue weighted by Crippen LogP contribution is 2.36. The van der Waals surface area contributed by atoms with E-state index in [9.17, 15) is 0 Å². The lowest BCUT2D eigenvalue weighted by molar-refractivity contribution is 1.53. The Morgan fingerprint density at radius 2 is 0.765 bits per heavy atom. The molecule has 2 nitrogen and oxygen atoms in total. The van der Waals surface area contributed by atoms with Gasteiger partial charge in [-0.25, -0.2) is 9.98 Å². The predicted molar refractivity (Wildman–Crippen MR) is 144 cm³/mol. The van der Waals surface area contributed by atoms with Crippen LogP contribution in [0.15, 0.2) is 131 Å². The van der Waals surface area contributed by atoms with Crippen LogP contribution in [0.25, 0.3) is 32.3 Å². The van der Waals surface area contributed by atoms with Gasteiger partial charge in [-0.05, 0) is 28.3 Å². The monoisotopic (exact) mass is 432 g/mol. The van der Waals surface area contributed by atoms with Gasteiger partial charge in [-0.1, -0.05) is 109 Å². The molecule has 0 radical (unpaired) electrons. The Bertz CT molecular complexity index is 1670. The third kappa shape index (κ3) is 2.89. The van der Waals surface area contributed by atoms with Crippen LogP contribution in [-0.4, -0.2) is 11.4 Å². The van der Waals surface area contributed by atoms with Crippen molar-refractivity contribution in [2.24, 2.45) is 9.98 Å². The molecule has 0 saturated heterocycles. The molecule has 0 heterocycles. The van der Waals surface area contributed by atoms with Crippen LogP contribution < -0.4 is 0 Å². The second-order valence-corrected chi connectivity index (χ2v) is 8.63. The predicted octanol–water partition coefficient (Wildman–Crippen LogP) is 8.40. The van der Waals surface area contributed by atoms with Crippen molar-refractivity contribution in [2.75, 3.05) is 0 Å². The van der Waals surface area contributed by atoms with Crippen LogP contribution in [0.3, 0.4) is 0 Å². The summed E-state index contributed by atoms with van der Waals surface area (Å²) in [5.41, 5.74) is 6.05. The van der Waals surface area contributed by atoms with Gasteiger partial charge in [0.05, 0.1) is 22.8 Å². The summed E-state index contributed by atoms with van der Waals surface area (Å²) in [4.78, 5) is 10.5. The normalized spacial score (nSPS) is 15.2. The molecule has 0 aliphatic heterocycles. The van der Waals surface area contributed by atoms with E-state index < -0.39 is 0 Å². The average Bonchev–Trinajstić information content (AvgIpc) is 3.19. The van der Waals surface area contributed by atoms with Gasteiger partial charge in [0.15, 0.2) is 0 Å². The summed E-state index contributed by atoms with van der Waals surface area (Å²) in [5.74, 6) is 0. The van der Waals surface area contributed by atoms with Crippen LogP contribution in [0, 0.1) is 0 Å². The van der Waals surface area contributed by atoms with Crippen molar-refractivity contribution in [1.82, 2.24) is 0 Å². The molecule has 0 bridgehead atoms. The van der Waals surface area contributed by atoms with Crippen LogP contribution in [0.5, 0.6) is 0 Å². The van der Waals surface area contributed by atoms with Crippen molar-refractivity contribution in [3.8, 4) is 0 Å². The number of hydrogen-bond acceptors (Lipinski definition) is 2. The number of nitrogens with zero attached hydrogens (tertiary/aromatic N) is 2. The van der Waals surface area contributed by atoms with Gasteiger partial charge in [0.2, 0.25) is 0 Å². The first kappa shape index (κ1) is 19.0. The van der Waals surface area contributed by atoms with Gasteiger partial charge < -0.3 is 0 Å². The average molecular weight is 433 g/mol. The van der Waals surface area contributed by atoms with Gasteiger partial charge in [-0.2, -0.15) is 0 Å². The van der Waals surface area contributed by atoms with E-state index >= 15 is 0 Å². The Balaban J connectivity index is 1.54. The van der Waals surface area contributed by atoms with E-state index in [-0.39, 0.29) is 0 Å². The van der Waals surface area contributed by atoms with Crippen LogP contribution in [0.1, 0.15) is 11.1 Å². The molecule has 1 aliphatic rings. The topological polar surface area (TPSA) is 24.7 Å². The summed E-state index contributed by atoms with van der Waals surface area (Å²) in [6, 6.07) is 42.3. The molecule has 6 aromatic carbocycles. The number of fused-ring (bicyclic) bond motifs is 2. The van der Waals surface area contributed by atoms with Crippen LogP contribution in [0.4, 0.5) is 11.4 Å². The standard InChI is InChI=1S/C32H20N2/c1-3-15-24-21(9-1)11-7-19-28(24)33-31-26-17-5-13-23-14-6-18-27(30(23)26)32(31)34-29-20-8-12-22-10-2-4-16-25(22)29/h1-20H. The highest BCUT2D eigenvalue weighted by Gasteiger charge is 2.27. The van der Waals surface area contributed by atoms with E-state index in [1.165, 1.54) is 21.5 Å². The second-order valence-electron chi connectivity index (χ2n) is 8.63. The second kappa shape index (κ2) is 7.50. The van der Waals surface area contributed by atoms with Crippen molar-refractivity contribution in [1.29, 1.82) is 0 Å². The van der Waals surface area contributed by atoms with Crippen molar-refractivity contribution in [2.45, 2.75) is 0 Å². The summed E-state index contributed by atoms with van der Waals surface area (Å²) >= 11 is 0. The Hall–Kier alpha value is -4.56. The van der Waals surface area contributed by atoms with Crippen LogP contribution >= 0.6 is 0 Å². The fraction of sp³-hybridized carbons (Fsp3) is 0. The first-order valence-electron chi connectivity index (χ1n) is 11.5. The zero-order valence-corrected chi connectivity index (χ0v) is 18.4. The van der Waals surface area contributed by atoms with Crippen molar-refractivity contribution < 1.29 is 0 Å². The molecular formula is C32H20N2. The lowest BCUT2D eigenvalue weighted by Gasteiger charge is -2.08. The Morgan fingerprint density at radius 1 is 0.353 bits per heavy atom. The molecule has 0 fully saturated rings. The van der Waals surface area contributed by atoms with Crippen molar-refractivity contribution >= 4 is 55.1 Å². The fourth-order valence-corrected chi connectivity index (χ4v) is 5.07. The molecule has 158 valence electrons. The first-order valence-corrected chi connectivity index (χ1v) is 11.5. The molecule has 7 rings (SSSR count). The van der Waals surface area contributed by atoms with E-state index in [0.717, 1.165) is 44.7 Å². The van der Waals surface area contributed by atoms with Crippen molar-refractivity contribution in [3.05, 3.63) is 132 Å². The number of aliphatic imine (C=N–C) groups is 2. The Labute approximate surface area is 197 Å². The Morgan fingerprint density at radius 3 is 1.29 bits per heavy atom. The highest BCUT2D eigenvalue weighted by molar-refractivity contribution is 6.61. The van der Waals surface area contributed by atoms with Gasteiger partial charge in [0.25, 0.3) is 0 Å². The molecular weight excluding hydrogens is 412 g/mol. The van der Waals surface area contributed by atoms with E-state index in [1.807, 2.05) is 0 Å². The van der Waals surface area contributed by atoms with E-state index in [2.05, 4.69) is 121 Å². The molecule has 0 atom stereocenters. The summed E-state index contributed by atoms with van der Waals surface area (Å²) in [5, 5.41) is 7.10. The maximum Gasteiger partial charge on any atom is 0.0979 e. The zero-order valence-electron chi connectivity index (χ0n) is 18.4. The quantitative estimate of drug-likeness (QED) is 0.262. The van der Waals surface area contributed by atoms with E-state index in [1.54, 1.807) is 0 Å². The summed E-state index contributed by atoms with van der Waals surface area (Å²) in [6.45, 7) is 0. The molecule has 0 amide bonds. The molecule has 0 saturated carbocycles. The minimum Gasteiger partial charge on any atom is -0.245 e. The van der Waals surface area contributed by atoms with E-state index in [0.29, 0.717) is 0 Å². The summed E-state index contributed by atoms with van der Waals surface area (Å²) < 4.78 is 0. The van der Waals surface area contributed by atoms with Gasteiger partial charge in [-0.3, -0.25) is 0 Å². The highest BCUT2D eigenvalue weighted by atomic mass is 14.8. The molecule has 34 heavy (non-hydrogen) atoms. The molecule has 0 aromatic heterocycles.